The second-order valence-electron chi connectivity index (χ2n) is 4.68. The van der Waals surface area contributed by atoms with Gasteiger partial charge in [-0.1, -0.05) is 24.0 Å². The van der Waals surface area contributed by atoms with E-state index < -0.39 is 0 Å². The van der Waals surface area contributed by atoms with Crippen molar-refractivity contribution in [2.45, 2.75) is 0 Å². The van der Waals surface area contributed by atoms with Crippen molar-refractivity contribution in [2.75, 3.05) is 20.2 Å². The zero-order valence-corrected chi connectivity index (χ0v) is 13.2. The van der Waals surface area contributed by atoms with E-state index in [1.807, 2.05) is 0 Å². The van der Waals surface area contributed by atoms with E-state index in [1.165, 1.54) is 6.20 Å². The minimum atomic E-state index is -0.285. The summed E-state index contributed by atoms with van der Waals surface area (Å²) in [7, 11) is 1.56. The number of amides is 2. The Hall–Kier alpha value is -3.33. The van der Waals surface area contributed by atoms with E-state index in [0.29, 0.717) is 16.9 Å². The smallest absolute Gasteiger partial charge is 0.258 e. The van der Waals surface area contributed by atoms with Crippen LogP contribution < -0.4 is 15.4 Å². The molecule has 0 fully saturated rings. The summed E-state index contributed by atoms with van der Waals surface area (Å²) in [4.78, 5) is 27.3. The lowest BCUT2D eigenvalue weighted by Crippen LogP contribution is -2.29. The predicted molar refractivity (Wildman–Crippen MR) is 89.5 cm³/mol. The van der Waals surface area contributed by atoms with Crippen LogP contribution in [0.5, 0.6) is 5.75 Å². The van der Waals surface area contributed by atoms with Crippen LogP contribution in [0.15, 0.2) is 48.8 Å². The average Bonchev–Trinajstić information content (AvgIpc) is 2.64. The highest BCUT2D eigenvalue weighted by atomic mass is 16.5. The van der Waals surface area contributed by atoms with Crippen LogP contribution in [0.25, 0.3) is 0 Å². The lowest BCUT2D eigenvalue weighted by molar-refractivity contribution is -0.122. The number of nitrogens with one attached hydrogen (secondary N) is 2. The van der Waals surface area contributed by atoms with Gasteiger partial charge < -0.3 is 15.4 Å². The summed E-state index contributed by atoms with van der Waals surface area (Å²) in [6.07, 6.45) is 3.15. The summed E-state index contributed by atoms with van der Waals surface area (Å²) in [5.41, 5.74) is 1.11. The van der Waals surface area contributed by atoms with Crippen molar-refractivity contribution < 1.29 is 14.3 Å². The number of benzene rings is 1. The highest BCUT2D eigenvalue weighted by Crippen LogP contribution is 2.07. The summed E-state index contributed by atoms with van der Waals surface area (Å²) < 4.78 is 5.27. The molecule has 0 atom stereocenters. The lowest BCUT2D eigenvalue weighted by Gasteiger charge is -2.04. The summed E-state index contributed by atoms with van der Waals surface area (Å²) in [6, 6.07) is 10.5. The fraction of sp³-hybridized carbons (Fsp3) is 0.167. The van der Waals surface area contributed by atoms with Crippen LogP contribution in [0, 0.1) is 11.8 Å². The first-order chi connectivity index (χ1) is 11.7. The number of rotatable bonds is 5. The van der Waals surface area contributed by atoms with Crippen LogP contribution in [-0.4, -0.2) is 37.0 Å². The maximum absolute atomic E-state index is 11.7. The SMILES string of the molecule is CNC(=O)c1ccccc1C#CCNC(=O)COc1cccnc1. The molecule has 122 valence electrons. The van der Waals surface area contributed by atoms with Gasteiger partial charge in [0.05, 0.1) is 18.3 Å². The average molecular weight is 323 g/mol. The molecule has 2 amide bonds. The third-order valence-corrected chi connectivity index (χ3v) is 3.00. The topological polar surface area (TPSA) is 80.3 Å². The Morgan fingerprint density at radius 3 is 2.79 bits per heavy atom. The molecule has 0 saturated heterocycles. The van der Waals surface area contributed by atoms with Gasteiger partial charge >= 0.3 is 0 Å². The first kappa shape index (κ1) is 17.0. The second kappa shape index (κ2) is 8.96. The highest BCUT2D eigenvalue weighted by molar-refractivity contribution is 5.96. The maximum Gasteiger partial charge on any atom is 0.258 e. The molecule has 1 aromatic carbocycles. The van der Waals surface area contributed by atoms with E-state index in [9.17, 15) is 9.59 Å². The van der Waals surface area contributed by atoms with Gasteiger partial charge in [0.2, 0.25) is 0 Å². The Kier molecular flexibility index (Phi) is 6.35. The predicted octanol–water partition coefficient (Wildman–Crippen LogP) is 0.988. The molecule has 0 bridgehead atoms. The van der Waals surface area contributed by atoms with Gasteiger partial charge in [0.1, 0.15) is 5.75 Å². The van der Waals surface area contributed by atoms with E-state index in [2.05, 4.69) is 27.5 Å². The lowest BCUT2D eigenvalue weighted by atomic mass is 10.1. The quantitative estimate of drug-likeness (QED) is 0.804. The van der Waals surface area contributed by atoms with Crippen LogP contribution in [0.4, 0.5) is 0 Å². The van der Waals surface area contributed by atoms with E-state index in [0.717, 1.165) is 0 Å². The van der Waals surface area contributed by atoms with Gasteiger partial charge in [0.15, 0.2) is 6.61 Å². The normalized spacial score (nSPS) is 9.38. The first-order valence-corrected chi connectivity index (χ1v) is 7.30. The monoisotopic (exact) mass is 323 g/mol. The van der Waals surface area contributed by atoms with Crippen molar-refractivity contribution in [3.05, 3.63) is 59.9 Å². The van der Waals surface area contributed by atoms with E-state index >= 15 is 0 Å². The molecule has 0 spiro atoms. The Balaban J connectivity index is 1.83. The molecule has 0 unspecified atom stereocenters. The van der Waals surface area contributed by atoms with Crippen molar-refractivity contribution >= 4 is 11.8 Å². The Morgan fingerprint density at radius 2 is 2.04 bits per heavy atom. The second-order valence-corrected chi connectivity index (χ2v) is 4.68. The molecule has 1 heterocycles. The Bertz CT molecular complexity index is 764. The number of ether oxygens (including phenoxy) is 1. The fourth-order valence-corrected chi connectivity index (χ4v) is 1.84. The van der Waals surface area contributed by atoms with Crippen molar-refractivity contribution in [1.82, 2.24) is 15.6 Å². The number of hydrogen-bond donors (Lipinski definition) is 2. The molecule has 6 heteroatoms. The number of carbonyl (C=O) groups excluding carboxylic acids is 2. The Morgan fingerprint density at radius 1 is 1.21 bits per heavy atom. The van der Waals surface area contributed by atoms with Crippen LogP contribution in [-0.2, 0) is 4.79 Å². The molecule has 24 heavy (non-hydrogen) atoms. The number of pyridine rings is 1. The van der Waals surface area contributed by atoms with Gasteiger partial charge in [-0.25, -0.2) is 0 Å². The first-order valence-electron chi connectivity index (χ1n) is 7.30. The van der Waals surface area contributed by atoms with Crippen molar-refractivity contribution in [1.29, 1.82) is 0 Å². The minimum Gasteiger partial charge on any atom is -0.482 e. The number of nitrogens with zero attached hydrogens (tertiary/aromatic N) is 1. The molecule has 0 aliphatic heterocycles. The van der Waals surface area contributed by atoms with Crippen molar-refractivity contribution in [3.8, 4) is 17.6 Å². The minimum absolute atomic E-state index is 0.109. The fourth-order valence-electron chi connectivity index (χ4n) is 1.84. The maximum atomic E-state index is 11.7. The summed E-state index contributed by atoms with van der Waals surface area (Å²) in [5.74, 6) is 5.74. The largest absolute Gasteiger partial charge is 0.482 e. The molecule has 0 radical (unpaired) electrons. The molecule has 6 nitrogen and oxygen atoms in total. The van der Waals surface area contributed by atoms with Crippen molar-refractivity contribution in [2.24, 2.45) is 0 Å². The van der Waals surface area contributed by atoms with Gasteiger partial charge in [-0.3, -0.25) is 14.6 Å². The molecular weight excluding hydrogens is 306 g/mol. The molecular formula is C18H17N3O3. The van der Waals surface area contributed by atoms with Crippen molar-refractivity contribution in [3.63, 3.8) is 0 Å². The van der Waals surface area contributed by atoms with E-state index in [4.69, 9.17) is 4.74 Å². The molecule has 0 aliphatic rings. The number of aromatic nitrogens is 1. The number of carbonyl (C=O) groups is 2. The molecule has 0 aliphatic carbocycles. The molecule has 2 aromatic rings. The van der Waals surface area contributed by atoms with Gasteiger partial charge in [-0.05, 0) is 24.3 Å². The van der Waals surface area contributed by atoms with E-state index in [1.54, 1.807) is 49.6 Å². The highest BCUT2D eigenvalue weighted by Gasteiger charge is 2.06. The third kappa shape index (κ3) is 5.14. The summed E-state index contributed by atoms with van der Waals surface area (Å²) >= 11 is 0. The number of hydrogen-bond acceptors (Lipinski definition) is 4. The standard InChI is InChI=1S/C18H17N3O3/c1-19-18(23)16-9-3-2-6-14(16)7-4-11-21-17(22)13-24-15-8-5-10-20-12-15/h2-3,5-6,8-10,12H,11,13H2,1H3,(H,19,23)(H,21,22). The van der Waals surface area contributed by atoms with E-state index in [-0.39, 0.29) is 25.0 Å². The zero-order valence-electron chi connectivity index (χ0n) is 13.2. The van der Waals surface area contributed by atoms with Gasteiger partial charge in [-0.2, -0.15) is 0 Å². The van der Waals surface area contributed by atoms with Crippen LogP contribution >= 0.6 is 0 Å². The van der Waals surface area contributed by atoms with Crippen LogP contribution in [0.1, 0.15) is 15.9 Å². The van der Waals surface area contributed by atoms with Crippen LogP contribution in [0.3, 0.4) is 0 Å². The molecule has 2 N–H and O–H groups in total. The molecule has 0 saturated carbocycles. The van der Waals surface area contributed by atoms with Gasteiger partial charge in [0.25, 0.3) is 11.8 Å². The summed E-state index contributed by atoms with van der Waals surface area (Å²) in [5, 5.41) is 5.19. The van der Waals surface area contributed by atoms with Gasteiger partial charge in [0, 0.05) is 18.8 Å². The molecule has 2 rings (SSSR count). The zero-order chi connectivity index (χ0) is 17.2. The van der Waals surface area contributed by atoms with Crippen LogP contribution in [0.2, 0.25) is 0 Å². The Labute approximate surface area is 140 Å². The summed E-state index contributed by atoms with van der Waals surface area (Å²) in [6.45, 7) is 0.0551. The van der Waals surface area contributed by atoms with Gasteiger partial charge in [-0.15, -0.1) is 0 Å². The molecule has 1 aromatic heterocycles. The third-order valence-electron chi connectivity index (χ3n) is 3.00.